The van der Waals surface area contributed by atoms with E-state index < -0.39 is 0 Å². The predicted octanol–water partition coefficient (Wildman–Crippen LogP) is 4.50. The maximum atomic E-state index is 13.1. The van der Waals surface area contributed by atoms with Gasteiger partial charge in [0.05, 0.1) is 0 Å². The normalized spacial score (nSPS) is 17.4. The number of rotatable bonds is 3. The van der Waals surface area contributed by atoms with Crippen molar-refractivity contribution in [2.75, 3.05) is 0 Å². The minimum absolute atomic E-state index is 0.106. The van der Waals surface area contributed by atoms with Crippen LogP contribution in [0.15, 0.2) is 40.9 Å². The Balaban J connectivity index is 1.75. The zero-order valence-corrected chi connectivity index (χ0v) is 13.2. The molecule has 1 aliphatic carbocycles. The van der Waals surface area contributed by atoms with E-state index in [0.29, 0.717) is 6.61 Å². The standard InChI is InChI=1S/C17H17BrFNO/c18-16-8-13(19)6-4-12(16)10-21-14-7-5-11-2-1-3-17(20)15(11)9-14/h4-9,17H,1-3,10,20H2/t17-/m1/s1. The van der Waals surface area contributed by atoms with Crippen molar-refractivity contribution >= 4 is 15.9 Å². The zero-order valence-electron chi connectivity index (χ0n) is 11.6. The molecule has 2 nitrogen and oxygen atoms in total. The van der Waals surface area contributed by atoms with Crippen molar-refractivity contribution in [1.29, 1.82) is 0 Å². The van der Waals surface area contributed by atoms with E-state index in [4.69, 9.17) is 10.5 Å². The SMILES string of the molecule is N[C@@H]1CCCc2ccc(OCc3ccc(F)cc3Br)cc21. The fraction of sp³-hybridized carbons (Fsp3) is 0.294. The van der Waals surface area contributed by atoms with Crippen LogP contribution in [-0.2, 0) is 13.0 Å². The van der Waals surface area contributed by atoms with Crippen molar-refractivity contribution < 1.29 is 9.13 Å². The summed E-state index contributed by atoms with van der Waals surface area (Å²) in [6.07, 6.45) is 3.27. The van der Waals surface area contributed by atoms with Crippen molar-refractivity contribution in [1.82, 2.24) is 0 Å². The van der Waals surface area contributed by atoms with E-state index in [1.54, 1.807) is 6.07 Å². The van der Waals surface area contributed by atoms with Gasteiger partial charge in [0.2, 0.25) is 0 Å². The Kier molecular flexibility index (Phi) is 4.27. The predicted molar refractivity (Wildman–Crippen MR) is 84.7 cm³/mol. The molecule has 0 aliphatic heterocycles. The summed E-state index contributed by atoms with van der Waals surface area (Å²) in [5.74, 6) is 0.549. The lowest BCUT2D eigenvalue weighted by atomic mass is 9.88. The minimum atomic E-state index is -0.259. The van der Waals surface area contributed by atoms with Crippen LogP contribution in [0, 0.1) is 5.82 Å². The fourth-order valence-electron chi connectivity index (χ4n) is 2.70. The molecule has 2 N–H and O–H groups in total. The van der Waals surface area contributed by atoms with Crippen molar-refractivity contribution in [3.63, 3.8) is 0 Å². The lowest BCUT2D eigenvalue weighted by Crippen LogP contribution is -2.17. The summed E-state index contributed by atoms with van der Waals surface area (Å²) < 4.78 is 19.6. The smallest absolute Gasteiger partial charge is 0.124 e. The summed E-state index contributed by atoms with van der Waals surface area (Å²) in [4.78, 5) is 0. The van der Waals surface area contributed by atoms with Gasteiger partial charge in [-0.1, -0.05) is 28.1 Å². The molecule has 0 saturated heterocycles. The minimum Gasteiger partial charge on any atom is -0.489 e. The number of halogens is 2. The zero-order chi connectivity index (χ0) is 14.8. The third kappa shape index (κ3) is 3.27. The molecule has 0 spiro atoms. The number of fused-ring (bicyclic) bond motifs is 1. The van der Waals surface area contributed by atoms with E-state index in [9.17, 15) is 4.39 Å². The topological polar surface area (TPSA) is 35.2 Å². The van der Waals surface area contributed by atoms with Gasteiger partial charge >= 0.3 is 0 Å². The third-order valence-corrected chi connectivity index (χ3v) is 4.63. The van der Waals surface area contributed by atoms with Gasteiger partial charge in [-0.05, 0) is 54.7 Å². The summed E-state index contributed by atoms with van der Waals surface area (Å²) in [5, 5.41) is 0. The molecule has 0 radical (unpaired) electrons. The molecule has 0 unspecified atom stereocenters. The number of hydrogen-bond donors (Lipinski definition) is 1. The number of hydrogen-bond acceptors (Lipinski definition) is 2. The second-order valence-electron chi connectivity index (χ2n) is 5.38. The second-order valence-corrected chi connectivity index (χ2v) is 6.24. The molecule has 0 amide bonds. The average Bonchev–Trinajstić information content (AvgIpc) is 2.47. The molecule has 2 aromatic rings. The molecule has 0 saturated carbocycles. The first kappa shape index (κ1) is 14.5. The molecule has 3 rings (SSSR count). The maximum absolute atomic E-state index is 13.1. The van der Waals surface area contributed by atoms with Crippen LogP contribution in [-0.4, -0.2) is 0 Å². The van der Waals surface area contributed by atoms with Gasteiger partial charge in [-0.25, -0.2) is 4.39 Å². The summed E-state index contributed by atoms with van der Waals surface area (Å²) in [6.45, 7) is 0.398. The average molecular weight is 350 g/mol. The van der Waals surface area contributed by atoms with E-state index in [-0.39, 0.29) is 11.9 Å². The van der Waals surface area contributed by atoms with E-state index in [2.05, 4.69) is 22.0 Å². The summed E-state index contributed by atoms with van der Waals surface area (Å²) in [5.41, 5.74) is 9.59. The Labute approximate surface area is 132 Å². The van der Waals surface area contributed by atoms with Gasteiger partial charge in [-0.3, -0.25) is 0 Å². The first-order chi connectivity index (χ1) is 10.1. The van der Waals surface area contributed by atoms with Crippen LogP contribution in [0.25, 0.3) is 0 Å². The van der Waals surface area contributed by atoms with Gasteiger partial charge in [0.1, 0.15) is 18.2 Å². The van der Waals surface area contributed by atoms with Crippen molar-refractivity contribution in [3.05, 3.63) is 63.4 Å². The van der Waals surface area contributed by atoms with Gasteiger partial charge in [0.25, 0.3) is 0 Å². The van der Waals surface area contributed by atoms with Crippen molar-refractivity contribution in [2.24, 2.45) is 5.73 Å². The highest BCUT2D eigenvalue weighted by molar-refractivity contribution is 9.10. The van der Waals surface area contributed by atoms with Crippen LogP contribution in [0.1, 0.15) is 35.6 Å². The molecule has 110 valence electrons. The molecule has 1 atom stereocenters. The van der Waals surface area contributed by atoms with Crippen LogP contribution in [0.5, 0.6) is 5.75 Å². The summed E-state index contributed by atoms with van der Waals surface area (Å²) >= 11 is 3.35. The first-order valence-corrected chi connectivity index (χ1v) is 7.88. The largest absolute Gasteiger partial charge is 0.489 e. The fourth-order valence-corrected chi connectivity index (χ4v) is 3.17. The Bertz CT molecular complexity index is 659. The van der Waals surface area contributed by atoms with Crippen molar-refractivity contribution in [2.45, 2.75) is 31.9 Å². The molecule has 0 bridgehead atoms. The number of ether oxygens (including phenoxy) is 1. The lowest BCUT2D eigenvalue weighted by molar-refractivity contribution is 0.304. The van der Waals surface area contributed by atoms with Crippen LogP contribution in [0.2, 0.25) is 0 Å². The Hall–Kier alpha value is -1.39. The molecule has 0 aromatic heterocycles. The maximum Gasteiger partial charge on any atom is 0.124 e. The molecule has 21 heavy (non-hydrogen) atoms. The van der Waals surface area contributed by atoms with E-state index in [1.807, 2.05) is 12.1 Å². The van der Waals surface area contributed by atoms with Crippen molar-refractivity contribution in [3.8, 4) is 5.75 Å². The van der Waals surface area contributed by atoms with Gasteiger partial charge in [0.15, 0.2) is 0 Å². The number of nitrogens with two attached hydrogens (primary N) is 1. The van der Waals surface area contributed by atoms with E-state index in [0.717, 1.165) is 35.0 Å². The molecule has 0 heterocycles. The summed E-state index contributed by atoms with van der Waals surface area (Å²) in [7, 11) is 0. The Morgan fingerprint density at radius 1 is 1.24 bits per heavy atom. The van der Waals surface area contributed by atoms with Crippen LogP contribution >= 0.6 is 15.9 Å². The van der Waals surface area contributed by atoms with E-state index in [1.165, 1.54) is 23.3 Å². The number of aryl methyl sites for hydroxylation is 1. The van der Waals surface area contributed by atoms with Crippen LogP contribution in [0.4, 0.5) is 4.39 Å². The molecule has 4 heteroatoms. The van der Waals surface area contributed by atoms with E-state index >= 15 is 0 Å². The molecule has 0 fully saturated rings. The lowest BCUT2D eigenvalue weighted by Gasteiger charge is -2.22. The third-order valence-electron chi connectivity index (χ3n) is 3.89. The monoisotopic (exact) mass is 349 g/mol. The Morgan fingerprint density at radius 3 is 2.90 bits per heavy atom. The van der Waals surface area contributed by atoms with Gasteiger partial charge in [0, 0.05) is 16.1 Å². The first-order valence-electron chi connectivity index (χ1n) is 7.08. The second kappa shape index (κ2) is 6.16. The molecular weight excluding hydrogens is 333 g/mol. The number of benzene rings is 2. The molecule has 1 aliphatic rings. The van der Waals surface area contributed by atoms with Crippen LogP contribution < -0.4 is 10.5 Å². The quantitative estimate of drug-likeness (QED) is 0.884. The highest BCUT2D eigenvalue weighted by atomic mass is 79.9. The van der Waals surface area contributed by atoms with Gasteiger partial charge in [-0.15, -0.1) is 0 Å². The highest BCUT2D eigenvalue weighted by Crippen LogP contribution is 2.31. The van der Waals surface area contributed by atoms with Crippen LogP contribution in [0.3, 0.4) is 0 Å². The Morgan fingerprint density at radius 2 is 2.10 bits per heavy atom. The molecular formula is C17H17BrFNO. The van der Waals surface area contributed by atoms with Gasteiger partial charge in [-0.2, -0.15) is 0 Å². The van der Waals surface area contributed by atoms with Gasteiger partial charge < -0.3 is 10.5 Å². The highest BCUT2D eigenvalue weighted by Gasteiger charge is 2.17. The molecule has 2 aromatic carbocycles. The summed E-state index contributed by atoms with van der Waals surface area (Å²) in [6, 6.07) is 10.8.